The number of nitrogens with two attached hydrogens (primary N) is 1. The highest BCUT2D eigenvalue weighted by Crippen LogP contribution is 2.50. The molecule has 0 radical (unpaired) electrons. The second kappa shape index (κ2) is 5.95. The molecule has 3 aliphatic rings. The number of unbranched alkanes of at least 4 members (excludes halogenated alkanes) is 3. The zero-order chi connectivity index (χ0) is 14.1. The van der Waals surface area contributed by atoms with Crippen molar-refractivity contribution in [3.05, 3.63) is 0 Å². The average molecular weight is 277 g/mol. The molecule has 3 heteroatoms. The Labute approximate surface area is 123 Å². The minimum absolute atomic E-state index is 0.513. The van der Waals surface area contributed by atoms with E-state index in [9.17, 15) is 0 Å². The van der Waals surface area contributed by atoms with E-state index in [4.69, 9.17) is 10.7 Å². The molecule has 0 amide bonds. The first kappa shape index (κ1) is 14.2. The second-order valence-corrected chi connectivity index (χ2v) is 7.40. The van der Waals surface area contributed by atoms with Gasteiger partial charge in [0.25, 0.3) is 0 Å². The van der Waals surface area contributed by atoms with Crippen LogP contribution in [0, 0.1) is 23.7 Å². The van der Waals surface area contributed by atoms with E-state index < -0.39 is 0 Å². The molecule has 1 aliphatic heterocycles. The summed E-state index contributed by atoms with van der Waals surface area (Å²) in [5, 5.41) is 3.45. The van der Waals surface area contributed by atoms with E-state index in [1.807, 2.05) is 0 Å². The summed E-state index contributed by atoms with van der Waals surface area (Å²) in [5.41, 5.74) is 6.05. The molecule has 3 rings (SSSR count). The molecule has 20 heavy (non-hydrogen) atoms. The first-order valence-corrected chi connectivity index (χ1v) is 8.80. The molecule has 3 nitrogen and oxygen atoms in total. The van der Waals surface area contributed by atoms with Gasteiger partial charge in [-0.3, -0.25) is 0 Å². The van der Waals surface area contributed by atoms with Crippen LogP contribution in [0.15, 0.2) is 4.99 Å². The fourth-order valence-electron chi connectivity index (χ4n) is 5.17. The molecule has 2 saturated carbocycles. The maximum absolute atomic E-state index is 6.05. The minimum Gasteiger partial charge on any atom is -0.370 e. The van der Waals surface area contributed by atoms with Crippen LogP contribution in [0.25, 0.3) is 0 Å². The van der Waals surface area contributed by atoms with Gasteiger partial charge in [0.05, 0.1) is 6.04 Å². The van der Waals surface area contributed by atoms with Crippen LogP contribution in [0.2, 0.25) is 0 Å². The minimum atomic E-state index is 0.513. The van der Waals surface area contributed by atoms with E-state index >= 15 is 0 Å². The Kier molecular flexibility index (Phi) is 4.23. The van der Waals surface area contributed by atoms with E-state index in [1.165, 1.54) is 51.4 Å². The number of nitrogens with one attached hydrogen (secondary N) is 1. The van der Waals surface area contributed by atoms with Crippen molar-refractivity contribution in [3.8, 4) is 0 Å². The lowest BCUT2D eigenvalue weighted by Gasteiger charge is -2.46. The van der Waals surface area contributed by atoms with Crippen LogP contribution >= 0.6 is 0 Å². The van der Waals surface area contributed by atoms with Gasteiger partial charge in [-0.15, -0.1) is 0 Å². The second-order valence-electron chi connectivity index (χ2n) is 7.40. The van der Waals surface area contributed by atoms with Crippen molar-refractivity contribution in [2.24, 2.45) is 34.4 Å². The third kappa shape index (κ3) is 2.56. The number of guanidine groups is 1. The molecule has 2 aliphatic carbocycles. The molecule has 2 fully saturated rings. The van der Waals surface area contributed by atoms with Crippen molar-refractivity contribution in [1.29, 1.82) is 0 Å². The van der Waals surface area contributed by atoms with Crippen molar-refractivity contribution < 1.29 is 0 Å². The third-order valence-corrected chi connectivity index (χ3v) is 6.11. The first-order valence-electron chi connectivity index (χ1n) is 8.80. The van der Waals surface area contributed by atoms with Crippen LogP contribution in [-0.4, -0.2) is 18.0 Å². The van der Waals surface area contributed by atoms with Gasteiger partial charge >= 0.3 is 0 Å². The van der Waals surface area contributed by atoms with Gasteiger partial charge in [-0.25, -0.2) is 4.99 Å². The monoisotopic (exact) mass is 277 g/mol. The van der Waals surface area contributed by atoms with Crippen LogP contribution < -0.4 is 11.1 Å². The van der Waals surface area contributed by atoms with Crippen LogP contribution in [0.5, 0.6) is 0 Å². The lowest BCUT2D eigenvalue weighted by molar-refractivity contribution is 0.0896. The Bertz CT molecular complexity index is 365. The molecule has 0 spiro atoms. The number of nitrogens with zero attached hydrogens (tertiary/aromatic N) is 1. The fourth-order valence-corrected chi connectivity index (χ4v) is 5.17. The quantitative estimate of drug-likeness (QED) is 0.758. The summed E-state index contributed by atoms with van der Waals surface area (Å²) >= 11 is 0. The third-order valence-electron chi connectivity index (χ3n) is 6.11. The lowest BCUT2D eigenvalue weighted by Crippen LogP contribution is -2.55. The Morgan fingerprint density at radius 3 is 2.90 bits per heavy atom. The summed E-state index contributed by atoms with van der Waals surface area (Å²) in [5.74, 6) is 3.99. The maximum atomic E-state index is 6.05. The molecule has 0 aromatic heterocycles. The maximum Gasteiger partial charge on any atom is 0.189 e. The van der Waals surface area contributed by atoms with E-state index in [2.05, 4.69) is 19.2 Å². The van der Waals surface area contributed by atoms with Crippen molar-refractivity contribution in [3.63, 3.8) is 0 Å². The highest BCUT2D eigenvalue weighted by molar-refractivity contribution is 5.79. The number of aliphatic imine (C=N–C) groups is 1. The molecule has 6 atom stereocenters. The molecular formula is C17H31N3. The average Bonchev–Trinajstić information content (AvgIpc) is 2.80. The molecule has 0 bridgehead atoms. The number of hydrogen-bond acceptors (Lipinski definition) is 3. The molecule has 3 N–H and O–H groups in total. The van der Waals surface area contributed by atoms with Crippen LogP contribution in [0.1, 0.15) is 65.2 Å². The largest absolute Gasteiger partial charge is 0.370 e. The van der Waals surface area contributed by atoms with Gasteiger partial charge in [-0.2, -0.15) is 0 Å². The van der Waals surface area contributed by atoms with Gasteiger partial charge in [0, 0.05) is 12.0 Å². The van der Waals surface area contributed by atoms with Gasteiger partial charge in [-0.05, 0) is 43.4 Å². The highest BCUT2D eigenvalue weighted by atomic mass is 15.2. The predicted octanol–water partition coefficient (Wildman–Crippen LogP) is 3.29. The zero-order valence-electron chi connectivity index (χ0n) is 13.1. The van der Waals surface area contributed by atoms with Crippen molar-refractivity contribution in [2.75, 3.05) is 0 Å². The molecule has 0 aromatic rings. The van der Waals surface area contributed by atoms with Crippen LogP contribution in [0.4, 0.5) is 0 Å². The predicted molar refractivity (Wildman–Crippen MR) is 84.6 cm³/mol. The molecule has 0 aromatic carbocycles. The van der Waals surface area contributed by atoms with Gasteiger partial charge in [0.1, 0.15) is 0 Å². The highest BCUT2D eigenvalue weighted by Gasteiger charge is 2.50. The SMILES string of the molecule is CCCCCC[C@H]1[C@H]2N=C(N)N[C@H]3CC[C@@H](C[C@H]1C)[C@@H]23. The summed E-state index contributed by atoms with van der Waals surface area (Å²) in [6.45, 7) is 4.75. The summed E-state index contributed by atoms with van der Waals surface area (Å²) in [4.78, 5) is 4.86. The van der Waals surface area contributed by atoms with Crippen molar-refractivity contribution in [2.45, 2.75) is 77.3 Å². The van der Waals surface area contributed by atoms with E-state index in [0.717, 1.165) is 23.7 Å². The lowest BCUT2D eigenvalue weighted by atomic mass is 9.64. The Balaban J connectivity index is 1.70. The van der Waals surface area contributed by atoms with Gasteiger partial charge in [0.2, 0.25) is 0 Å². The molecule has 114 valence electrons. The van der Waals surface area contributed by atoms with Crippen LogP contribution in [0.3, 0.4) is 0 Å². The molecule has 0 unspecified atom stereocenters. The van der Waals surface area contributed by atoms with Crippen LogP contribution in [-0.2, 0) is 0 Å². The molecule has 1 heterocycles. The Morgan fingerprint density at radius 2 is 2.10 bits per heavy atom. The summed E-state index contributed by atoms with van der Waals surface area (Å²) in [6.07, 6.45) is 10.9. The number of hydrogen-bond donors (Lipinski definition) is 2. The first-order chi connectivity index (χ1) is 9.70. The smallest absolute Gasteiger partial charge is 0.189 e. The normalized spacial score (nSPS) is 42.8. The van der Waals surface area contributed by atoms with Crippen molar-refractivity contribution in [1.82, 2.24) is 5.32 Å². The van der Waals surface area contributed by atoms with E-state index in [-0.39, 0.29) is 0 Å². The zero-order valence-corrected chi connectivity index (χ0v) is 13.1. The standard InChI is InChI=1S/C17H31N3/c1-3-4-5-6-7-13-11(2)10-12-8-9-14-15(12)16(13)20-17(18)19-14/h11-16H,3-10H2,1-2H3,(H3,18,19,20)/t11-,12+,13-,14+,15-,16-/m1/s1. The van der Waals surface area contributed by atoms with E-state index in [1.54, 1.807) is 0 Å². The van der Waals surface area contributed by atoms with Crippen molar-refractivity contribution >= 4 is 5.96 Å². The van der Waals surface area contributed by atoms with E-state index in [0.29, 0.717) is 18.0 Å². The van der Waals surface area contributed by atoms with Gasteiger partial charge in [0.15, 0.2) is 5.96 Å². The summed E-state index contributed by atoms with van der Waals surface area (Å²) in [7, 11) is 0. The summed E-state index contributed by atoms with van der Waals surface area (Å²) < 4.78 is 0. The van der Waals surface area contributed by atoms with Gasteiger partial charge in [-0.1, -0.05) is 39.5 Å². The molecule has 0 saturated heterocycles. The Hall–Kier alpha value is -0.730. The number of rotatable bonds is 5. The van der Waals surface area contributed by atoms with Gasteiger partial charge < -0.3 is 11.1 Å². The summed E-state index contributed by atoms with van der Waals surface area (Å²) in [6, 6.07) is 1.13. The topological polar surface area (TPSA) is 50.4 Å². The molecular weight excluding hydrogens is 246 g/mol. The Morgan fingerprint density at radius 1 is 1.25 bits per heavy atom. The fraction of sp³-hybridized carbons (Fsp3) is 0.941.